The fourth-order valence-electron chi connectivity index (χ4n) is 3.35. The molecule has 20 heavy (non-hydrogen) atoms. The summed E-state index contributed by atoms with van der Waals surface area (Å²) in [5.41, 5.74) is 0.516. The number of rotatable bonds is 12. The van der Waals surface area contributed by atoms with Crippen LogP contribution < -0.4 is 0 Å². The number of hydrogen-bond acceptors (Lipinski definition) is 0. The summed E-state index contributed by atoms with van der Waals surface area (Å²) in [6.45, 7) is 12.0. The molecule has 0 aromatic rings. The number of unbranched alkanes of at least 4 members (excludes halogenated alkanes) is 6. The highest BCUT2D eigenvalue weighted by Gasteiger charge is 2.41. The van der Waals surface area contributed by atoms with Crippen molar-refractivity contribution in [2.75, 3.05) is 0 Å². The first-order valence-corrected chi connectivity index (χ1v) is 9.31. The molecule has 2 heteroatoms. The van der Waals surface area contributed by atoms with E-state index < -0.39 is 0 Å². The standard InChI is InChI=1S/C18H40B2/c1-6-8-10-11-13-15-17(5,14-12-9-7-2)18(19,20)16(3)4/h16H,6-15,19-20H2,1-5H3. The Morgan fingerprint density at radius 2 is 1.15 bits per heavy atom. The summed E-state index contributed by atoms with van der Waals surface area (Å²) in [7, 11) is 5.02. The molecule has 0 heterocycles. The van der Waals surface area contributed by atoms with E-state index in [1.54, 1.807) is 0 Å². The minimum absolute atomic E-state index is 0.450. The minimum atomic E-state index is 0.450. The van der Waals surface area contributed by atoms with Gasteiger partial charge in [-0.3, -0.25) is 0 Å². The zero-order valence-corrected chi connectivity index (χ0v) is 15.6. The smallest absolute Gasteiger partial charge is 0.0771 e. The molecule has 1 unspecified atom stereocenters. The normalized spacial score (nSPS) is 15.5. The monoisotopic (exact) mass is 278 g/mol. The first-order chi connectivity index (χ1) is 9.31. The average Bonchev–Trinajstić information content (AvgIpc) is 2.38. The number of hydrogen-bond donors (Lipinski definition) is 0. The second-order valence-electron chi connectivity index (χ2n) is 8.06. The summed E-state index contributed by atoms with van der Waals surface area (Å²) in [4.78, 5) is 0. The largest absolute Gasteiger partial charge is 0.100 e. The van der Waals surface area contributed by atoms with Crippen LogP contribution in [0.1, 0.15) is 98.8 Å². The van der Waals surface area contributed by atoms with Crippen molar-refractivity contribution in [1.29, 1.82) is 0 Å². The Morgan fingerprint density at radius 1 is 0.750 bits per heavy atom. The van der Waals surface area contributed by atoms with Crippen LogP contribution in [-0.4, -0.2) is 15.7 Å². The Bertz CT molecular complexity index is 236. The Morgan fingerprint density at radius 3 is 1.60 bits per heavy atom. The summed E-state index contributed by atoms with van der Waals surface area (Å²) in [6, 6.07) is 0. The lowest BCUT2D eigenvalue weighted by Gasteiger charge is -2.48. The van der Waals surface area contributed by atoms with E-state index in [-0.39, 0.29) is 0 Å². The second kappa shape index (κ2) is 9.96. The van der Waals surface area contributed by atoms with Gasteiger partial charge in [0.2, 0.25) is 0 Å². The van der Waals surface area contributed by atoms with Gasteiger partial charge >= 0.3 is 0 Å². The van der Waals surface area contributed by atoms with Crippen molar-refractivity contribution in [1.82, 2.24) is 0 Å². The molecule has 0 aliphatic carbocycles. The minimum Gasteiger partial charge on any atom is -0.0771 e. The molecule has 0 nitrogen and oxygen atoms in total. The lowest BCUT2D eigenvalue weighted by molar-refractivity contribution is 0.177. The van der Waals surface area contributed by atoms with E-state index in [0.717, 1.165) is 5.92 Å². The lowest BCUT2D eigenvalue weighted by atomic mass is 9.37. The zero-order valence-electron chi connectivity index (χ0n) is 15.6. The van der Waals surface area contributed by atoms with Crippen LogP contribution in [-0.2, 0) is 0 Å². The highest BCUT2D eigenvalue weighted by atomic mass is 14.4. The quantitative estimate of drug-likeness (QED) is 0.349. The van der Waals surface area contributed by atoms with Crippen LogP contribution in [0.2, 0.25) is 5.21 Å². The maximum Gasteiger partial charge on any atom is 0.100 e. The molecule has 0 saturated heterocycles. The molecule has 0 aromatic carbocycles. The predicted octanol–water partition coefficient (Wildman–Crippen LogP) is 4.97. The molecule has 0 rings (SSSR count). The molecule has 1 atom stereocenters. The molecule has 0 amide bonds. The lowest BCUT2D eigenvalue weighted by Crippen LogP contribution is -2.39. The van der Waals surface area contributed by atoms with Gasteiger partial charge in [0.05, 0.1) is 0 Å². The van der Waals surface area contributed by atoms with Crippen LogP contribution in [0.4, 0.5) is 0 Å². The van der Waals surface area contributed by atoms with Gasteiger partial charge in [0.15, 0.2) is 0 Å². The Kier molecular flexibility index (Phi) is 10.0. The summed E-state index contributed by atoms with van der Waals surface area (Å²) >= 11 is 0. The summed E-state index contributed by atoms with van der Waals surface area (Å²) < 4.78 is 0. The molecule has 0 bridgehead atoms. The van der Waals surface area contributed by atoms with E-state index in [2.05, 4.69) is 50.3 Å². The SMILES string of the molecule is BC(B)(C(C)C)C(C)(CCCCC)CCCCCCC. The van der Waals surface area contributed by atoms with Crippen molar-refractivity contribution in [3.63, 3.8) is 0 Å². The maximum absolute atomic E-state index is 2.57. The van der Waals surface area contributed by atoms with Gasteiger partial charge in [0.25, 0.3) is 0 Å². The summed E-state index contributed by atoms with van der Waals surface area (Å²) in [5.74, 6) is 0.768. The molecular weight excluding hydrogens is 238 g/mol. The molecule has 0 spiro atoms. The van der Waals surface area contributed by atoms with Gasteiger partial charge in [-0.25, -0.2) is 0 Å². The Hall–Kier alpha value is 0.130. The molecule has 0 aromatic heterocycles. The van der Waals surface area contributed by atoms with Crippen LogP contribution in [0.5, 0.6) is 0 Å². The van der Waals surface area contributed by atoms with Crippen molar-refractivity contribution in [3.8, 4) is 0 Å². The Balaban J connectivity index is 4.53. The average molecular weight is 278 g/mol. The van der Waals surface area contributed by atoms with E-state index in [9.17, 15) is 0 Å². The first-order valence-electron chi connectivity index (χ1n) is 9.31. The van der Waals surface area contributed by atoms with Gasteiger partial charge in [0, 0.05) is 0 Å². The highest BCUT2D eigenvalue weighted by Crippen LogP contribution is 2.52. The van der Waals surface area contributed by atoms with Gasteiger partial charge in [-0.2, -0.15) is 0 Å². The van der Waals surface area contributed by atoms with Gasteiger partial charge < -0.3 is 0 Å². The van der Waals surface area contributed by atoms with Crippen LogP contribution >= 0.6 is 0 Å². The van der Waals surface area contributed by atoms with Crippen molar-refractivity contribution in [3.05, 3.63) is 0 Å². The molecule has 118 valence electrons. The van der Waals surface area contributed by atoms with Gasteiger partial charge in [-0.1, -0.05) is 97.1 Å². The molecule has 0 fully saturated rings. The van der Waals surface area contributed by atoms with E-state index in [1.807, 2.05) is 0 Å². The first kappa shape index (κ1) is 20.1. The third-order valence-corrected chi connectivity index (χ3v) is 6.16. The van der Waals surface area contributed by atoms with Gasteiger partial charge in [0.1, 0.15) is 15.7 Å². The third-order valence-electron chi connectivity index (χ3n) is 6.16. The van der Waals surface area contributed by atoms with E-state index in [4.69, 9.17) is 0 Å². The maximum atomic E-state index is 2.57. The fraction of sp³-hybridized carbons (Fsp3) is 1.00. The van der Waals surface area contributed by atoms with Crippen LogP contribution in [0.25, 0.3) is 0 Å². The summed E-state index contributed by atoms with van der Waals surface area (Å²) in [5, 5.41) is 0.450. The van der Waals surface area contributed by atoms with E-state index in [1.165, 1.54) is 64.2 Å². The van der Waals surface area contributed by atoms with E-state index in [0.29, 0.717) is 10.6 Å². The predicted molar refractivity (Wildman–Crippen MR) is 100 cm³/mol. The molecule has 0 N–H and O–H groups in total. The Labute approximate surface area is 131 Å². The van der Waals surface area contributed by atoms with Gasteiger partial charge in [-0.15, -0.1) is 0 Å². The molecule has 0 saturated carbocycles. The molecule has 0 aliphatic rings. The van der Waals surface area contributed by atoms with Crippen LogP contribution in [0, 0.1) is 11.3 Å². The third kappa shape index (κ3) is 6.27. The topological polar surface area (TPSA) is 0 Å². The zero-order chi connectivity index (χ0) is 15.6. The van der Waals surface area contributed by atoms with E-state index >= 15 is 0 Å². The fourth-order valence-corrected chi connectivity index (χ4v) is 3.35. The van der Waals surface area contributed by atoms with Crippen molar-refractivity contribution in [2.24, 2.45) is 11.3 Å². The van der Waals surface area contributed by atoms with Gasteiger partial charge in [-0.05, 0) is 18.3 Å². The highest BCUT2D eigenvalue weighted by molar-refractivity contribution is 6.40. The van der Waals surface area contributed by atoms with Crippen molar-refractivity contribution >= 4 is 15.7 Å². The molecular formula is C18H40B2. The molecule has 0 radical (unpaired) electrons. The van der Waals surface area contributed by atoms with Crippen molar-refractivity contribution < 1.29 is 0 Å². The second-order valence-corrected chi connectivity index (χ2v) is 8.06. The molecule has 0 aliphatic heterocycles. The summed E-state index contributed by atoms with van der Waals surface area (Å²) in [6.07, 6.45) is 14.1. The van der Waals surface area contributed by atoms with Crippen LogP contribution in [0.3, 0.4) is 0 Å². The van der Waals surface area contributed by atoms with Crippen LogP contribution in [0.15, 0.2) is 0 Å². The van der Waals surface area contributed by atoms with Crippen molar-refractivity contribution in [2.45, 2.75) is 104 Å².